The number of benzene rings is 2. The fraction of sp³-hybridized carbons (Fsp3) is 0.182. The molecule has 0 spiro atoms. The predicted molar refractivity (Wildman–Crippen MR) is 117 cm³/mol. The number of aromatic nitrogens is 3. The molecule has 31 heavy (non-hydrogen) atoms. The first-order valence-corrected chi connectivity index (χ1v) is 10.7. The third-order valence-electron chi connectivity index (χ3n) is 4.76. The van der Waals surface area contributed by atoms with Crippen LogP contribution in [0.15, 0.2) is 53.9 Å². The monoisotopic (exact) mass is 437 g/mol. The van der Waals surface area contributed by atoms with Gasteiger partial charge >= 0.3 is 11.8 Å². The van der Waals surface area contributed by atoms with Crippen molar-refractivity contribution < 1.29 is 14.0 Å². The molecule has 0 saturated heterocycles. The summed E-state index contributed by atoms with van der Waals surface area (Å²) in [5.41, 5.74) is 2.86. The maximum absolute atomic E-state index is 14.0. The van der Waals surface area contributed by atoms with E-state index >= 15 is 0 Å². The Balaban J connectivity index is 1.35. The van der Waals surface area contributed by atoms with Gasteiger partial charge in [0.15, 0.2) is 5.82 Å². The fourth-order valence-corrected chi connectivity index (χ4v) is 3.91. The van der Waals surface area contributed by atoms with Crippen molar-refractivity contribution in [2.24, 2.45) is 0 Å². The van der Waals surface area contributed by atoms with Crippen LogP contribution in [-0.2, 0) is 22.4 Å². The highest BCUT2D eigenvalue weighted by molar-refractivity contribution is 7.15. The van der Waals surface area contributed by atoms with Gasteiger partial charge in [0.1, 0.15) is 5.82 Å². The van der Waals surface area contributed by atoms with Crippen molar-refractivity contribution >= 4 is 33.8 Å². The molecule has 2 aromatic heterocycles. The van der Waals surface area contributed by atoms with Gasteiger partial charge in [0.05, 0.1) is 11.3 Å². The molecule has 0 radical (unpaired) electrons. The summed E-state index contributed by atoms with van der Waals surface area (Å²) in [7, 11) is 0. The van der Waals surface area contributed by atoms with E-state index in [4.69, 9.17) is 0 Å². The molecule has 2 heterocycles. The number of hydrogen-bond acceptors (Lipinski definition) is 5. The normalized spacial score (nSPS) is 10.9. The van der Waals surface area contributed by atoms with Crippen molar-refractivity contribution in [1.29, 1.82) is 0 Å². The molecule has 0 aliphatic carbocycles. The minimum absolute atomic E-state index is 0.252. The molecule has 2 aromatic carbocycles. The third-order valence-corrected chi connectivity index (χ3v) is 5.62. The molecule has 4 aromatic rings. The molecule has 0 unspecified atom stereocenters. The zero-order chi connectivity index (χ0) is 21.8. The van der Waals surface area contributed by atoms with E-state index in [-0.39, 0.29) is 12.4 Å². The van der Waals surface area contributed by atoms with Crippen LogP contribution in [0, 0.1) is 5.82 Å². The number of amides is 2. The SMILES string of the molecule is CCc1ccc(NC(=O)C(=O)NCCc2csc3nc(-c4ccccc4F)nn23)cc1. The van der Waals surface area contributed by atoms with Crippen LogP contribution in [0.1, 0.15) is 18.2 Å². The minimum atomic E-state index is -0.720. The van der Waals surface area contributed by atoms with E-state index in [9.17, 15) is 14.0 Å². The molecule has 0 fully saturated rings. The van der Waals surface area contributed by atoms with Gasteiger partial charge in [0.2, 0.25) is 4.96 Å². The average Bonchev–Trinajstić information content (AvgIpc) is 3.36. The molecule has 158 valence electrons. The lowest BCUT2D eigenvalue weighted by molar-refractivity contribution is -0.136. The number of aryl methyl sites for hydroxylation is 1. The largest absolute Gasteiger partial charge is 0.347 e. The maximum Gasteiger partial charge on any atom is 0.313 e. The van der Waals surface area contributed by atoms with E-state index in [1.54, 1.807) is 34.8 Å². The number of anilines is 1. The Morgan fingerprint density at radius 3 is 2.61 bits per heavy atom. The van der Waals surface area contributed by atoms with Crippen LogP contribution in [0.3, 0.4) is 0 Å². The van der Waals surface area contributed by atoms with E-state index in [0.717, 1.165) is 17.7 Å². The van der Waals surface area contributed by atoms with Gasteiger partial charge in [-0.2, -0.15) is 4.98 Å². The Bertz CT molecular complexity index is 1230. The van der Waals surface area contributed by atoms with E-state index < -0.39 is 11.8 Å². The number of rotatable bonds is 6. The molecule has 0 bridgehead atoms. The van der Waals surface area contributed by atoms with Crippen molar-refractivity contribution in [3.63, 3.8) is 0 Å². The third kappa shape index (κ3) is 4.61. The van der Waals surface area contributed by atoms with E-state index in [1.165, 1.54) is 17.4 Å². The summed E-state index contributed by atoms with van der Waals surface area (Å²) < 4.78 is 15.6. The van der Waals surface area contributed by atoms with Crippen molar-refractivity contribution in [2.45, 2.75) is 19.8 Å². The number of carbonyl (C=O) groups is 2. The van der Waals surface area contributed by atoms with Crippen molar-refractivity contribution in [3.8, 4) is 11.4 Å². The quantitative estimate of drug-likeness (QED) is 0.452. The molecule has 0 atom stereocenters. The summed E-state index contributed by atoms with van der Waals surface area (Å²) in [6.45, 7) is 2.30. The van der Waals surface area contributed by atoms with Gasteiger partial charge in [0.25, 0.3) is 0 Å². The first kappa shape index (κ1) is 20.7. The van der Waals surface area contributed by atoms with Crippen LogP contribution < -0.4 is 10.6 Å². The van der Waals surface area contributed by atoms with E-state index in [0.29, 0.717) is 28.5 Å². The number of fused-ring (bicyclic) bond motifs is 1. The second-order valence-electron chi connectivity index (χ2n) is 6.85. The Labute approximate surface area is 181 Å². The number of hydrogen-bond donors (Lipinski definition) is 2. The zero-order valence-corrected chi connectivity index (χ0v) is 17.6. The number of nitrogens with zero attached hydrogens (tertiary/aromatic N) is 3. The highest BCUT2D eigenvalue weighted by atomic mass is 32.1. The Hall–Kier alpha value is -3.59. The lowest BCUT2D eigenvalue weighted by Crippen LogP contribution is -2.36. The van der Waals surface area contributed by atoms with Crippen molar-refractivity contribution in [1.82, 2.24) is 19.9 Å². The molecular formula is C22H20FN5O2S. The average molecular weight is 438 g/mol. The van der Waals surface area contributed by atoms with Crippen LogP contribution in [0.2, 0.25) is 0 Å². The van der Waals surface area contributed by atoms with Gasteiger partial charge in [-0.25, -0.2) is 8.91 Å². The van der Waals surface area contributed by atoms with Crippen molar-refractivity contribution in [3.05, 3.63) is 71.0 Å². The summed E-state index contributed by atoms with van der Waals surface area (Å²) in [6, 6.07) is 13.7. The molecule has 4 rings (SSSR count). The first-order chi connectivity index (χ1) is 15.0. The van der Waals surface area contributed by atoms with Crippen LogP contribution >= 0.6 is 11.3 Å². The summed E-state index contributed by atoms with van der Waals surface area (Å²) in [4.78, 5) is 29.2. The summed E-state index contributed by atoms with van der Waals surface area (Å²) in [5.74, 6) is -1.51. The number of halogens is 1. The molecular weight excluding hydrogens is 417 g/mol. The highest BCUT2D eigenvalue weighted by Gasteiger charge is 2.16. The second kappa shape index (κ2) is 9.05. The molecule has 2 N–H and O–H groups in total. The van der Waals surface area contributed by atoms with Crippen molar-refractivity contribution in [2.75, 3.05) is 11.9 Å². The van der Waals surface area contributed by atoms with Gasteiger partial charge in [-0.3, -0.25) is 9.59 Å². The second-order valence-corrected chi connectivity index (χ2v) is 7.68. The highest BCUT2D eigenvalue weighted by Crippen LogP contribution is 2.23. The molecule has 0 aliphatic heterocycles. The number of nitrogens with one attached hydrogen (secondary N) is 2. The summed E-state index contributed by atoms with van der Waals surface area (Å²) in [6.07, 6.45) is 1.35. The van der Waals surface area contributed by atoms with Crippen LogP contribution in [0.25, 0.3) is 16.3 Å². The summed E-state index contributed by atoms with van der Waals surface area (Å²) in [5, 5.41) is 11.5. The Morgan fingerprint density at radius 1 is 1.10 bits per heavy atom. The smallest absolute Gasteiger partial charge is 0.313 e. The molecule has 9 heteroatoms. The van der Waals surface area contributed by atoms with Crippen LogP contribution in [0.5, 0.6) is 0 Å². The molecule has 7 nitrogen and oxygen atoms in total. The van der Waals surface area contributed by atoms with Gasteiger partial charge in [-0.1, -0.05) is 31.2 Å². The predicted octanol–water partition coefficient (Wildman–Crippen LogP) is 3.46. The minimum Gasteiger partial charge on any atom is -0.347 e. The lowest BCUT2D eigenvalue weighted by Gasteiger charge is -2.07. The van der Waals surface area contributed by atoms with Crippen LogP contribution in [0.4, 0.5) is 10.1 Å². The molecule has 0 aliphatic rings. The Kier molecular flexibility index (Phi) is 6.03. The lowest BCUT2D eigenvalue weighted by atomic mass is 10.1. The van der Waals surface area contributed by atoms with Crippen LogP contribution in [-0.4, -0.2) is 33.0 Å². The van der Waals surface area contributed by atoms with Gasteiger partial charge in [0, 0.05) is 24.0 Å². The topological polar surface area (TPSA) is 88.4 Å². The first-order valence-electron chi connectivity index (χ1n) is 9.81. The summed E-state index contributed by atoms with van der Waals surface area (Å²) >= 11 is 1.38. The van der Waals surface area contributed by atoms with E-state index in [1.807, 2.05) is 24.4 Å². The number of thiazole rings is 1. The van der Waals surface area contributed by atoms with Gasteiger partial charge in [-0.05, 0) is 36.2 Å². The van der Waals surface area contributed by atoms with Gasteiger partial charge in [-0.15, -0.1) is 16.4 Å². The molecule has 0 saturated carbocycles. The van der Waals surface area contributed by atoms with Gasteiger partial charge < -0.3 is 10.6 Å². The number of carbonyl (C=O) groups excluding carboxylic acids is 2. The standard InChI is InChI=1S/C22H20FN5O2S/c1-2-14-7-9-15(10-8-14)25-21(30)20(29)24-12-11-16-13-31-22-26-19(27-28(16)22)17-5-3-4-6-18(17)23/h3-10,13H,2,11-12H2,1H3,(H,24,29)(H,25,30). The zero-order valence-electron chi connectivity index (χ0n) is 16.8. The Morgan fingerprint density at radius 2 is 1.87 bits per heavy atom. The molecule has 2 amide bonds. The fourth-order valence-electron chi connectivity index (χ4n) is 3.05. The van der Waals surface area contributed by atoms with E-state index in [2.05, 4.69) is 20.7 Å². The maximum atomic E-state index is 14.0.